The molecule has 9 heteroatoms. The fourth-order valence-corrected chi connectivity index (χ4v) is 9.41. The third-order valence-corrected chi connectivity index (χ3v) is 14.7. The molecule has 0 aliphatic heterocycles. The predicted octanol–water partition coefficient (Wildman–Crippen LogP) is 21.0. The Kier molecular flexibility index (Phi) is 58.8. The molecule has 3 unspecified atom stereocenters. The quantitative estimate of drug-likeness (QED) is 0.0243. The summed E-state index contributed by atoms with van der Waals surface area (Å²) in [6.07, 6.45) is 96.5. The highest BCUT2D eigenvalue weighted by Crippen LogP contribution is 2.43. The van der Waals surface area contributed by atoms with Gasteiger partial charge in [-0.25, -0.2) is 4.57 Å². The first-order valence-electron chi connectivity index (χ1n) is 32.9. The zero-order valence-corrected chi connectivity index (χ0v) is 54.1. The molecule has 0 aliphatic carbocycles. The Morgan fingerprint density at radius 3 is 1.07 bits per heavy atom. The lowest BCUT2D eigenvalue weighted by Crippen LogP contribution is -2.45. The number of carbonyl (C=O) groups excluding carboxylic acids is 1. The van der Waals surface area contributed by atoms with Gasteiger partial charge in [0.1, 0.15) is 13.2 Å². The molecule has 0 aromatic carbocycles. The van der Waals surface area contributed by atoms with Gasteiger partial charge in [0.05, 0.1) is 39.9 Å². The summed E-state index contributed by atoms with van der Waals surface area (Å²) < 4.78 is 23.7. The van der Waals surface area contributed by atoms with Crippen LogP contribution in [0.5, 0.6) is 0 Å². The van der Waals surface area contributed by atoms with E-state index in [0.717, 1.165) is 109 Å². The number of likely N-dealkylation sites (N-methyl/N-ethyl adjacent to an activating group) is 1. The topological polar surface area (TPSA) is 105 Å². The Balaban J connectivity index is 4.27. The van der Waals surface area contributed by atoms with E-state index in [2.05, 4.69) is 165 Å². The van der Waals surface area contributed by atoms with Crippen molar-refractivity contribution in [2.45, 2.75) is 257 Å². The van der Waals surface area contributed by atoms with Crippen molar-refractivity contribution in [3.63, 3.8) is 0 Å². The molecular weight excluding hydrogens is 1030 g/mol. The highest BCUT2D eigenvalue weighted by molar-refractivity contribution is 7.47. The molecule has 0 bridgehead atoms. The van der Waals surface area contributed by atoms with Gasteiger partial charge in [0.2, 0.25) is 5.91 Å². The van der Waals surface area contributed by atoms with Crippen LogP contribution in [0.4, 0.5) is 0 Å². The van der Waals surface area contributed by atoms with Crippen LogP contribution < -0.4 is 5.32 Å². The Labute approximate surface area is 505 Å². The van der Waals surface area contributed by atoms with E-state index in [-0.39, 0.29) is 19.1 Å². The van der Waals surface area contributed by atoms with Crippen LogP contribution in [0.2, 0.25) is 0 Å². The van der Waals surface area contributed by atoms with Crippen molar-refractivity contribution >= 4 is 13.7 Å². The molecule has 1 amide bonds. The molecular formula is C73H124N2O6P+. The Morgan fingerprint density at radius 1 is 0.427 bits per heavy atom. The summed E-state index contributed by atoms with van der Waals surface area (Å²) in [6, 6.07) is -0.883. The molecule has 0 rings (SSSR count). The van der Waals surface area contributed by atoms with Gasteiger partial charge < -0.3 is 19.8 Å². The van der Waals surface area contributed by atoms with Crippen molar-refractivity contribution in [1.82, 2.24) is 5.32 Å². The molecule has 3 atom stereocenters. The number of nitrogens with one attached hydrogen (secondary N) is 1. The Hall–Kier alpha value is -3.88. The van der Waals surface area contributed by atoms with Gasteiger partial charge >= 0.3 is 7.82 Å². The number of nitrogens with zero attached hydrogens (tertiary/aromatic N) is 1. The summed E-state index contributed by atoms with van der Waals surface area (Å²) in [5.74, 6) is -0.224. The fourth-order valence-electron chi connectivity index (χ4n) is 8.67. The van der Waals surface area contributed by atoms with Gasteiger partial charge in [-0.05, 0) is 109 Å². The number of allylic oxidation sites excluding steroid dienone is 25. The lowest BCUT2D eigenvalue weighted by Gasteiger charge is -2.25. The van der Waals surface area contributed by atoms with E-state index >= 15 is 0 Å². The van der Waals surface area contributed by atoms with Crippen LogP contribution >= 0.6 is 7.82 Å². The number of unbranched alkanes of at least 4 members (excludes halogenated alkanes) is 21. The van der Waals surface area contributed by atoms with Crippen molar-refractivity contribution in [3.05, 3.63) is 158 Å². The number of rotatable bonds is 58. The predicted molar refractivity (Wildman–Crippen MR) is 359 cm³/mol. The first kappa shape index (κ1) is 78.1. The summed E-state index contributed by atoms with van der Waals surface area (Å²) in [7, 11) is 1.52. The fraction of sp³-hybridized carbons (Fsp3) is 0.630. The third-order valence-electron chi connectivity index (χ3n) is 13.8. The number of quaternary nitrogens is 1. The second kappa shape index (κ2) is 61.7. The zero-order chi connectivity index (χ0) is 59.8. The number of phosphoric acid groups is 1. The maximum absolute atomic E-state index is 13.0. The lowest BCUT2D eigenvalue weighted by molar-refractivity contribution is -0.870. The normalized spacial score (nSPS) is 14.8. The first-order valence-corrected chi connectivity index (χ1v) is 34.4. The minimum Gasteiger partial charge on any atom is -0.387 e. The lowest BCUT2D eigenvalue weighted by atomic mass is 10.0. The number of carbonyl (C=O) groups is 1. The van der Waals surface area contributed by atoms with Crippen LogP contribution in [0.25, 0.3) is 0 Å². The molecule has 466 valence electrons. The van der Waals surface area contributed by atoms with Gasteiger partial charge in [0.25, 0.3) is 0 Å². The molecule has 0 fully saturated rings. The first-order chi connectivity index (χ1) is 40.0. The van der Waals surface area contributed by atoms with Crippen molar-refractivity contribution in [1.29, 1.82) is 0 Å². The second-order valence-corrected chi connectivity index (χ2v) is 24.2. The molecule has 0 aromatic rings. The van der Waals surface area contributed by atoms with E-state index in [0.29, 0.717) is 23.9 Å². The van der Waals surface area contributed by atoms with E-state index in [4.69, 9.17) is 9.05 Å². The number of phosphoric ester groups is 1. The Bertz CT molecular complexity index is 1890. The third kappa shape index (κ3) is 63.7. The molecule has 0 saturated heterocycles. The number of hydrogen-bond donors (Lipinski definition) is 3. The molecule has 0 aliphatic rings. The number of amides is 1. The van der Waals surface area contributed by atoms with E-state index in [9.17, 15) is 19.4 Å². The van der Waals surface area contributed by atoms with E-state index in [1.165, 1.54) is 109 Å². The van der Waals surface area contributed by atoms with Gasteiger partial charge in [-0.2, -0.15) is 0 Å². The van der Waals surface area contributed by atoms with Gasteiger partial charge in [-0.3, -0.25) is 13.8 Å². The SMILES string of the molecule is CC/C=C\C/C=C\C/C=C\C/C=C\C/C=C\C/C=C\C/C=C\C/C=C\C/C=C\C/C=C\C/C=C\C/C=C\CCCCC(=O)NC(COP(=O)(O)OCC[N+](C)(C)C)C(O)/C=C/CCCCCCCCCCCCCCCCCCCCC. The van der Waals surface area contributed by atoms with Crippen LogP contribution in [0.15, 0.2) is 158 Å². The average Bonchev–Trinajstić information content (AvgIpc) is 3.46. The summed E-state index contributed by atoms with van der Waals surface area (Å²) in [4.78, 5) is 23.4. The number of aliphatic hydroxyl groups is 1. The minimum absolute atomic E-state index is 0.0447. The van der Waals surface area contributed by atoms with Crippen molar-refractivity contribution in [3.8, 4) is 0 Å². The maximum atomic E-state index is 13.0. The number of aliphatic hydroxyl groups excluding tert-OH is 1. The smallest absolute Gasteiger partial charge is 0.387 e. The molecule has 82 heavy (non-hydrogen) atoms. The largest absolute Gasteiger partial charge is 0.472 e. The van der Waals surface area contributed by atoms with E-state index < -0.39 is 20.0 Å². The average molecular weight is 1160 g/mol. The van der Waals surface area contributed by atoms with Crippen LogP contribution in [-0.4, -0.2) is 73.4 Å². The van der Waals surface area contributed by atoms with Crippen LogP contribution in [0.3, 0.4) is 0 Å². The molecule has 0 aromatic heterocycles. The maximum Gasteiger partial charge on any atom is 0.472 e. The van der Waals surface area contributed by atoms with E-state index in [1.54, 1.807) is 6.08 Å². The standard InChI is InChI=1S/C73H123N2O6P/c1-6-8-10-12-14-16-18-20-22-24-26-28-29-30-31-32-33-34-35-36-37-38-39-40-41-42-43-44-45-47-49-51-53-55-57-59-61-63-65-67-73(77)74-71(70-81-82(78,79)80-69-68-75(3,4)5)72(76)66-64-62-60-58-56-54-52-50-48-46-27-25-23-21-19-17-15-13-11-9-7-2/h8,10,14,16,20,22,26,28,30-31,33-34,36-37,39-40,42-43,45,47,51,53,57,59,64,66,71-72,76H,6-7,9,11-13,15,17-19,21,23-25,27,29,32,35,38,41,44,46,48-50,52,54-56,58,60-63,65,67-70H2,1-5H3,(H-,74,77,78,79)/p+1/b10-8-,16-14-,22-20-,28-26-,31-30-,34-33-,37-36-,40-39-,43-42-,47-45-,53-51-,59-57-,66-64+. The summed E-state index contributed by atoms with van der Waals surface area (Å²) in [5.41, 5.74) is 0. The van der Waals surface area contributed by atoms with Gasteiger partial charge in [0.15, 0.2) is 0 Å². The van der Waals surface area contributed by atoms with Gasteiger partial charge in [-0.1, -0.05) is 287 Å². The summed E-state index contributed by atoms with van der Waals surface area (Å²) in [5, 5.41) is 13.9. The summed E-state index contributed by atoms with van der Waals surface area (Å²) in [6.45, 7) is 4.67. The van der Waals surface area contributed by atoms with Crippen LogP contribution in [0, 0.1) is 0 Å². The molecule has 3 N–H and O–H groups in total. The monoisotopic (exact) mass is 1160 g/mol. The summed E-state index contributed by atoms with van der Waals surface area (Å²) >= 11 is 0. The van der Waals surface area contributed by atoms with E-state index in [1.807, 2.05) is 27.2 Å². The van der Waals surface area contributed by atoms with Crippen molar-refractivity contribution in [2.24, 2.45) is 0 Å². The molecule has 0 radical (unpaired) electrons. The van der Waals surface area contributed by atoms with Crippen LogP contribution in [-0.2, 0) is 18.4 Å². The van der Waals surface area contributed by atoms with Crippen LogP contribution in [0.1, 0.15) is 245 Å². The highest BCUT2D eigenvalue weighted by atomic mass is 31.2. The molecule has 0 saturated carbocycles. The molecule has 8 nitrogen and oxygen atoms in total. The minimum atomic E-state index is -4.37. The zero-order valence-electron chi connectivity index (χ0n) is 53.2. The van der Waals surface area contributed by atoms with Gasteiger partial charge in [-0.15, -0.1) is 0 Å². The Morgan fingerprint density at radius 2 is 0.732 bits per heavy atom. The molecule has 0 heterocycles. The highest BCUT2D eigenvalue weighted by Gasteiger charge is 2.27. The second-order valence-electron chi connectivity index (χ2n) is 22.8. The molecule has 0 spiro atoms. The number of hydrogen-bond acceptors (Lipinski definition) is 5. The van der Waals surface area contributed by atoms with Crippen molar-refractivity contribution < 1.29 is 32.9 Å². The van der Waals surface area contributed by atoms with Gasteiger partial charge in [0, 0.05) is 6.42 Å². The van der Waals surface area contributed by atoms with Crippen molar-refractivity contribution in [2.75, 3.05) is 40.9 Å².